The fraction of sp³-hybridized carbons (Fsp3) is 0.419. The second-order valence-electron chi connectivity index (χ2n) is 11.5. The number of thiazole rings is 1. The molecular weight excluding hydrogens is 572 g/mol. The summed E-state index contributed by atoms with van der Waals surface area (Å²) in [6.45, 7) is 1.27. The third-order valence-electron chi connectivity index (χ3n) is 8.71. The van der Waals surface area contributed by atoms with Gasteiger partial charge in [-0.1, -0.05) is 35.1 Å². The standard InChI is InChI=1S/C31H33FN6O2S2/c32-23-9-5-22(6-10-23)30-36-27(25-3-1-2-4-26(25)29(39)37-31(19-33)13-14-31)28(41-30)21-7-11-24(12-8-21)38-15-17-42(40,18-16-38)35-20-34/h5-12,25-26,42H,1-4,13-18H2,(H,35,40)(H,37,39)/t25-,26-/m1/s1. The molecule has 0 bridgehead atoms. The summed E-state index contributed by atoms with van der Waals surface area (Å²) in [7, 11) is -2.51. The molecule has 218 valence electrons. The van der Waals surface area contributed by atoms with Gasteiger partial charge in [-0.25, -0.2) is 9.37 Å². The molecule has 2 atom stereocenters. The zero-order chi connectivity index (χ0) is 29.3. The number of halogens is 1. The van der Waals surface area contributed by atoms with Gasteiger partial charge in [-0.2, -0.15) is 10.5 Å². The molecule has 2 aromatic carbocycles. The fourth-order valence-corrected chi connectivity index (χ4v) is 8.91. The molecule has 0 unspecified atom stereocenters. The summed E-state index contributed by atoms with van der Waals surface area (Å²) in [6.07, 6.45) is 6.72. The smallest absolute Gasteiger partial charge is 0.225 e. The van der Waals surface area contributed by atoms with Crippen LogP contribution in [-0.4, -0.2) is 45.6 Å². The number of amides is 1. The number of aromatic nitrogens is 1. The van der Waals surface area contributed by atoms with Crippen molar-refractivity contribution in [2.75, 3.05) is 29.5 Å². The molecule has 1 amide bonds. The van der Waals surface area contributed by atoms with Crippen molar-refractivity contribution in [3.8, 4) is 33.3 Å². The Kier molecular flexibility index (Phi) is 7.84. The maximum Gasteiger partial charge on any atom is 0.225 e. The van der Waals surface area contributed by atoms with Crippen molar-refractivity contribution in [2.45, 2.75) is 50.0 Å². The van der Waals surface area contributed by atoms with E-state index < -0.39 is 15.6 Å². The predicted molar refractivity (Wildman–Crippen MR) is 165 cm³/mol. The highest BCUT2D eigenvalue weighted by Crippen LogP contribution is 2.46. The largest absolute Gasteiger partial charge is 0.370 e. The van der Waals surface area contributed by atoms with Gasteiger partial charge in [0.2, 0.25) is 12.1 Å². The van der Waals surface area contributed by atoms with Crippen LogP contribution >= 0.6 is 11.3 Å². The molecule has 3 aromatic rings. The lowest BCUT2D eigenvalue weighted by Crippen LogP contribution is -2.43. The van der Waals surface area contributed by atoms with Gasteiger partial charge in [0.1, 0.15) is 16.4 Å². The first-order chi connectivity index (χ1) is 20.3. The quantitative estimate of drug-likeness (QED) is 0.237. The van der Waals surface area contributed by atoms with Gasteiger partial charge in [0.25, 0.3) is 0 Å². The molecule has 42 heavy (non-hydrogen) atoms. The van der Waals surface area contributed by atoms with Gasteiger partial charge < -0.3 is 14.8 Å². The zero-order valence-corrected chi connectivity index (χ0v) is 24.9. The van der Waals surface area contributed by atoms with Gasteiger partial charge in [0.05, 0.1) is 16.6 Å². The second kappa shape index (κ2) is 11.6. The molecule has 3 fully saturated rings. The molecule has 2 aliphatic carbocycles. The predicted octanol–water partition coefficient (Wildman–Crippen LogP) is 5.91. The van der Waals surface area contributed by atoms with Crippen LogP contribution in [0, 0.1) is 34.5 Å². The number of carbonyl (C=O) groups is 1. The van der Waals surface area contributed by atoms with Crippen LogP contribution in [0.1, 0.15) is 50.1 Å². The minimum atomic E-state index is -2.51. The molecule has 11 heteroatoms. The van der Waals surface area contributed by atoms with E-state index in [0.717, 1.165) is 58.1 Å². The van der Waals surface area contributed by atoms with E-state index in [1.807, 2.05) is 0 Å². The van der Waals surface area contributed by atoms with Crippen molar-refractivity contribution in [3.05, 3.63) is 60.0 Å². The molecule has 6 rings (SSSR count). The molecule has 1 aromatic heterocycles. The summed E-state index contributed by atoms with van der Waals surface area (Å²) < 4.78 is 28.1. The molecule has 8 nitrogen and oxygen atoms in total. The number of benzene rings is 2. The maximum absolute atomic E-state index is 13.7. The summed E-state index contributed by atoms with van der Waals surface area (Å²) in [5, 5.41) is 22.3. The van der Waals surface area contributed by atoms with Crippen LogP contribution in [0.15, 0.2) is 52.9 Å². The minimum absolute atomic E-state index is 0.0626. The van der Waals surface area contributed by atoms with Crippen molar-refractivity contribution in [1.29, 1.82) is 10.5 Å². The van der Waals surface area contributed by atoms with Crippen LogP contribution in [-0.2, 0) is 14.9 Å². The molecular formula is C31H33FN6O2S2. The Morgan fingerprint density at radius 2 is 1.74 bits per heavy atom. The molecule has 2 N–H and O–H groups in total. The third-order valence-corrected chi connectivity index (χ3v) is 12.2. The number of rotatable bonds is 6. The molecule has 0 radical (unpaired) electrons. The number of hydrogen-bond acceptors (Lipinski definition) is 7. The van der Waals surface area contributed by atoms with Gasteiger partial charge in [-0.05, 0) is 67.6 Å². The highest BCUT2D eigenvalue weighted by molar-refractivity contribution is 8.00. The highest BCUT2D eigenvalue weighted by Gasteiger charge is 2.47. The summed E-state index contributed by atoms with van der Waals surface area (Å²) >= 11 is 1.55. The first-order valence-corrected chi connectivity index (χ1v) is 17.3. The Morgan fingerprint density at radius 1 is 1.07 bits per heavy atom. The van der Waals surface area contributed by atoms with Crippen LogP contribution in [0.3, 0.4) is 0 Å². The maximum atomic E-state index is 13.7. The molecule has 2 saturated carbocycles. The topological polar surface area (TPSA) is 125 Å². The Labute approximate surface area is 250 Å². The van der Waals surface area contributed by atoms with Crippen molar-refractivity contribution < 1.29 is 13.7 Å². The normalized spacial score (nSPS) is 23.2. The van der Waals surface area contributed by atoms with Gasteiger partial charge in [0, 0.05) is 47.7 Å². The fourth-order valence-electron chi connectivity index (χ4n) is 6.05. The number of anilines is 1. The number of nitrogens with one attached hydrogen (secondary N) is 1. The van der Waals surface area contributed by atoms with Crippen molar-refractivity contribution in [3.63, 3.8) is 0 Å². The Hall–Kier alpha value is -3.64. The molecule has 1 saturated heterocycles. The summed E-state index contributed by atoms with van der Waals surface area (Å²) in [6, 6.07) is 16.9. The SMILES string of the molecule is N#CN=[SH]1(O)CCN(c2ccc(-c3sc(-c4ccc(F)cc4)nc3[C@@H]3CCCC[C@H]3C(=O)NC3(C#N)CC3)cc2)CC1. The third kappa shape index (κ3) is 5.82. The Balaban J connectivity index is 1.32. The van der Waals surface area contributed by atoms with E-state index in [1.165, 1.54) is 12.1 Å². The van der Waals surface area contributed by atoms with E-state index in [0.29, 0.717) is 37.4 Å². The first-order valence-electron chi connectivity index (χ1n) is 14.4. The average molecular weight is 605 g/mol. The second-order valence-corrected chi connectivity index (χ2v) is 15.3. The Morgan fingerprint density at radius 3 is 2.38 bits per heavy atom. The summed E-state index contributed by atoms with van der Waals surface area (Å²) in [4.78, 5) is 21.8. The number of thiol groups is 1. The summed E-state index contributed by atoms with van der Waals surface area (Å²) in [5.41, 5.74) is 3.04. The molecule has 2 heterocycles. The van der Waals surface area contributed by atoms with Crippen LogP contribution < -0.4 is 10.2 Å². The van der Waals surface area contributed by atoms with E-state index in [9.17, 15) is 19.0 Å². The first kappa shape index (κ1) is 28.5. The van der Waals surface area contributed by atoms with Gasteiger partial charge in [0.15, 0.2) is 0 Å². The van der Waals surface area contributed by atoms with Crippen molar-refractivity contribution in [1.82, 2.24) is 10.3 Å². The van der Waals surface area contributed by atoms with Crippen molar-refractivity contribution >= 4 is 33.0 Å². The number of carbonyl (C=O) groups excluding carboxylic acids is 1. The van der Waals surface area contributed by atoms with Crippen LogP contribution in [0.4, 0.5) is 10.1 Å². The van der Waals surface area contributed by atoms with E-state index in [4.69, 9.17) is 10.2 Å². The molecule has 3 aliphatic rings. The number of hydrogen-bond donors (Lipinski definition) is 3. The lowest BCUT2D eigenvalue weighted by atomic mass is 9.76. The van der Waals surface area contributed by atoms with E-state index in [2.05, 4.69) is 44.9 Å². The highest BCUT2D eigenvalue weighted by atomic mass is 32.3. The van der Waals surface area contributed by atoms with Crippen molar-refractivity contribution in [2.24, 2.45) is 10.3 Å². The van der Waals surface area contributed by atoms with Gasteiger partial charge >= 0.3 is 0 Å². The van der Waals surface area contributed by atoms with Crippen LogP contribution in [0.5, 0.6) is 0 Å². The lowest BCUT2D eigenvalue weighted by molar-refractivity contribution is -0.127. The van der Waals surface area contributed by atoms with E-state index in [-0.39, 0.29) is 23.6 Å². The van der Waals surface area contributed by atoms with E-state index in [1.54, 1.807) is 29.7 Å². The van der Waals surface area contributed by atoms with Crippen LogP contribution in [0.2, 0.25) is 0 Å². The lowest BCUT2D eigenvalue weighted by Gasteiger charge is -2.36. The van der Waals surface area contributed by atoms with Gasteiger partial charge in [-0.15, -0.1) is 15.7 Å². The summed E-state index contributed by atoms with van der Waals surface area (Å²) in [5.74, 6) is 0.288. The molecule has 1 aliphatic heterocycles. The monoisotopic (exact) mass is 604 g/mol. The molecule has 0 spiro atoms. The zero-order valence-electron chi connectivity index (χ0n) is 23.2. The number of nitrogens with zero attached hydrogens (tertiary/aromatic N) is 5. The van der Waals surface area contributed by atoms with Gasteiger partial charge in [-0.3, -0.25) is 4.79 Å². The Bertz CT molecular complexity index is 1610. The number of nitriles is 2. The minimum Gasteiger partial charge on any atom is -0.370 e. The average Bonchev–Trinajstić information content (AvgIpc) is 3.64. The van der Waals surface area contributed by atoms with E-state index >= 15 is 0 Å². The van der Waals surface area contributed by atoms with Crippen LogP contribution in [0.25, 0.3) is 21.0 Å².